The summed E-state index contributed by atoms with van der Waals surface area (Å²) in [5.74, 6) is -0.494. The van der Waals surface area contributed by atoms with E-state index in [1.54, 1.807) is 12.1 Å². The summed E-state index contributed by atoms with van der Waals surface area (Å²) in [7, 11) is -2.56. The Morgan fingerprint density at radius 3 is 2.55 bits per heavy atom. The van der Waals surface area contributed by atoms with Crippen LogP contribution in [0.2, 0.25) is 5.02 Å². The summed E-state index contributed by atoms with van der Waals surface area (Å²) in [5, 5.41) is 0.142. The van der Waals surface area contributed by atoms with Crippen molar-refractivity contribution in [3.63, 3.8) is 0 Å². The molecule has 2 rings (SSSR count). The highest BCUT2D eigenvalue weighted by Crippen LogP contribution is 2.29. The third-order valence-electron chi connectivity index (χ3n) is 2.85. The molecule has 0 unspecified atom stereocenters. The van der Waals surface area contributed by atoms with Crippen LogP contribution in [0.5, 0.6) is 5.75 Å². The van der Waals surface area contributed by atoms with Gasteiger partial charge in [-0.2, -0.15) is 0 Å². The lowest BCUT2D eigenvalue weighted by molar-refractivity contribution is 0.100. The third kappa shape index (κ3) is 3.32. The predicted molar refractivity (Wildman–Crippen MR) is 83.8 cm³/mol. The molecule has 22 heavy (non-hydrogen) atoms. The van der Waals surface area contributed by atoms with Crippen LogP contribution in [0.4, 0.5) is 5.69 Å². The smallest absolute Gasteiger partial charge is 0.265 e. The van der Waals surface area contributed by atoms with Gasteiger partial charge in [0, 0.05) is 5.56 Å². The molecule has 2 aromatic carbocycles. The van der Waals surface area contributed by atoms with Crippen molar-refractivity contribution in [3.05, 3.63) is 53.1 Å². The van der Waals surface area contributed by atoms with E-state index in [1.165, 1.54) is 37.4 Å². The molecular weight excluding hydrogens is 328 g/mol. The van der Waals surface area contributed by atoms with Gasteiger partial charge in [0.1, 0.15) is 10.6 Å². The first-order chi connectivity index (χ1) is 10.3. The average Bonchev–Trinajstić information content (AvgIpc) is 2.49. The second kappa shape index (κ2) is 6.25. The van der Waals surface area contributed by atoms with Crippen LogP contribution in [0.15, 0.2) is 47.4 Å². The molecule has 0 aliphatic carbocycles. The van der Waals surface area contributed by atoms with Crippen LogP contribution in [-0.2, 0) is 10.0 Å². The van der Waals surface area contributed by atoms with Crippen molar-refractivity contribution in [1.29, 1.82) is 0 Å². The number of carbonyl (C=O) groups is 1. The molecule has 0 aliphatic rings. The summed E-state index contributed by atoms with van der Waals surface area (Å²) in [5.41, 5.74) is 5.37. The maximum atomic E-state index is 12.4. The first-order valence-corrected chi connectivity index (χ1v) is 7.96. The number of anilines is 1. The fraction of sp³-hybridized carbons (Fsp3) is 0.0714. The number of sulfonamides is 1. The summed E-state index contributed by atoms with van der Waals surface area (Å²) in [4.78, 5) is 11.1. The molecular formula is C14H13ClN2O4S. The molecule has 6 nitrogen and oxygen atoms in total. The topological polar surface area (TPSA) is 98.5 Å². The van der Waals surface area contributed by atoms with Crippen LogP contribution in [0.25, 0.3) is 0 Å². The van der Waals surface area contributed by atoms with E-state index in [9.17, 15) is 13.2 Å². The van der Waals surface area contributed by atoms with E-state index in [-0.39, 0.29) is 26.9 Å². The highest BCUT2D eigenvalue weighted by Gasteiger charge is 2.20. The number of benzene rings is 2. The molecule has 0 fully saturated rings. The number of para-hydroxylation sites is 1. The summed E-state index contributed by atoms with van der Waals surface area (Å²) < 4.78 is 32.3. The van der Waals surface area contributed by atoms with Gasteiger partial charge in [0.15, 0.2) is 0 Å². The Morgan fingerprint density at radius 2 is 1.91 bits per heavy atom. The van der Waals surface area contributed by atoms with Crippen LogP contribution in [0, 0.1) is 0 Å². The molecule has 0 radical (unpaired) electrons. The van der Waals surface area contributed by atoms with Gasteiger partial charge in [-0.1, -0.05) is 23.7 Å². The second-order valence-corrected chi connectivity index (χ2v) is 6.37. The minimum atomic E-state index is -3.93. The number of rotatable bonds is 5. The van der Waals surface area contributed by atoms with Gasteiger partial charge in [-0.05, 0) is 30.3 Å². The maximum Gasteiger partial charge on any atom is 0.265 e. The average molecular weight is 341 g/mol. The van der Waals surface area contributed by atoms with E-state index in [4.69, 9.17) is 22.1 Å². The number of nitrogens with two attached hydrogens (primary N) is 1. The minimum absolute atomic E-state index is 0.0435. The summed E-state index contributed by atoms with van der Waals surface area (Å²) in [6, 6.07) is 10.2. The number of ether oxygens (including phenoxy) is 1. The normalized spacial score (nSPS) is 11.0. The van der Waals surface area contributed by atoms with Crippen molar-refractivity contribution < 1.29 is 17.9 Å². The molecule has 0 saturated heterocycles. The molecule has 8 heteroatoms. The van der Waals surface area contributed by atoms with Crippen molar-refractivity contribution in [2.24, 2.45) is 5.73 Å². The van der Waals surface area contributed by atoms with E-state index < -0.39 is 15.9 Å². The van der Waals surface area contributed by atoms with E-state index in [0.717, 1.165) is 0 Å². The second-order valence-electron chi connectivity index (χ2n) is 4.32. The fourth-order valence-electron chi connectivity index (χ4n) is 1.80. The van der Waals surface area contributed by atoms with Crippen LogP contribution in [0.3, 0.4) is 0 Å². The Morgan fingerprint density at radius 1 is 1.23 bits per heavy atom. The molecule has 0 aromatic heterocycles. The molecule has 0 heterocycles. The Hall–Kier alpha value is -2.25. The molecule has 0 atom stereocenters. The Bertz CT molecular complexity index is 821. The van der Waals surface area contributed by atoms with Gasteiger partial charge in [-0.3, -0.25) is 9.52 Å². The molecule has 1 amide bonds. The summed E-state index contributed by atoms with van der Waals surface area (Å²) in [6.45, 7) is 0. The molecule has 3 N–H and O–H groups in total. The first kappa shape index (κ1) is 16.1. The number of halogens is 1. The molecule has 0 bridgehead atoms. The van der Waals surface area contributed by atoms with Crippen LogP contribution >= 0.6 is 11.6 Å². The zero-order valence-corrected chi connectivity index (χ0v) is 13.1. The van der Waals surface area contributed by atoms with E-state index in [2.05, 4.69) is 4.72 Å². The Labute approximate surface area is 132 Å². The number of methoxy groups -OCH3 is 1. The first-order valence-electron chi connectivity index (χ1n) is 6.10. The zero-order chi connectivity index (χ0) is 16.3. The quantitative estimate of drug-likeness (QED) is 0.872. The highest BCUT2D eigenvalue weighted by atomic mass is 35.5. The summed E-state index contributed by atoms with van der Waals surface area (Å²) in [6.07, 6.45) is 0. The molecule has 0 aliphatic heterocycles. The van der Waals surface area contributed by atoms with Crippen molar-refractivity contribution in [2.75, 3.05) is 11.8 Å². The van der Waals surface area contributed by atoms with Crippen molar-refractivity contribution in [2.45, 2.75) is 4.90 Å². The Kier molecular flexibility index (Phi) is 4.58. The monoisotopic (exact) mass is 340 g/mol. The van der Waals surface area contributed by atoms with Crippen LogP contribution in [-0.4, -0.2) is 21.4 Å². The number of carbonyl (C=O) groups excluding carboxylic acids is 1. The lowest BCUT2D eigenvalue weighted by Gasteiger charge is -2.13. The minimum Gasteiger partial charge on any atom is -0.495 e. The largest absolute Gasteiger partial charge is 0.495 e. The van der Waals surface area contributed by atoms with Gasteiger partial charge in [0.2, 0.25) is 5.91 Å². The number of amides is 1. The van der Waals surface area contributed by atoms with Crippen molar-refractivity contribution in [1.82, 2.24) is 0 Å². The van der Waals surface area contributed by atoms with Crippen LogP contribution < -0.4 is 15.2 Å². The molecule has 0 saturated carbocycles. The third-order valence-corrected chi connectivity index (χ3v) is 4.59. The Balaban J connectivity index is 2.45. The predicted octanol–water partition coefficient (Wildman–Crippen LogP) is 2.25. The maximum absolute atomic E-state index is 12.4. The molecule has 0 spiro atoms. The van der Waals surface area contributed by atoms with Gasteiger partial charge in [0.25, 0.3) is 10.0 Å². The van der Waals surface area contributed by atoms with E-state index >= 15 is 0 Å². The van der Waals surface area contributed by atoms with Crippen molar-refractivity contribution >= 4 is 33.2 Å². The number of hydrogen-bond acceptors (Lipinski definition) is 4. The van der Waals surface area contributed by atoms with Gasteiger partial charge in [0.05, 0.1) is 17.8 Å². The lowest BCUT2D eigenvalue weighted by Crippen LogP contribution is -2.16. The number of nitrogens with one attached hydrogen (secondary N) is 1. The fourth-order valence-corrected chi connectivity index (χ4v) is 3.26. The number of primary amides is 1. The standard InChI is InChI=1S/C14H13ClN2O4S/c1-21-12-4-2-3-5-13(12)22(19,20)17-11-8-9(14(16)18)6-7-10(11)15/h2-8,17H,1H3,(H2,16,18). The molecule has 116 valence electrons. The SMILES string of the molecule is COc1ccccc1S(=O)(=O)Nc1cc(C(N)=O)ccc1Cl. The highest BCUT2D eigenvalue weighted by molar-refractivity contribution is 7.92. The zero-order valence-electron chi connectivity index (χ0n) is 11.5. The van der Waals surface area contributed by atoms with Crippen molar-refractivity contribution in [3.8, 4) is 5.75 Å². The molecule has 2 aromatic rings. The van der Waals surface area contributed by atoms with Gasteiger partial charge < -0.3 is 10.5 Å². The van der Waals surface area contributed by atoms with E-state index in [1.807, 2.05) is 0 Å². The van der Waals surface area contributed by atoms with Gasteiger partial charge in [-0.25, -0.2) is 8.42 Å². The summed E-state index contributed by atoms with van der Waals surface area (Å²) >= 11 is 5.96. The van der Waals surface area contributed by atoms with Crippen LogP contribution in [0.1, 0.15) is 10.4 Å². The van der Waals surface area contributed by atoms with Gasteiger partial charge >= 0.3 is 0 Å². The van der Waals surface area contributed by atoms with Gasteiger partial charge in [-0.15, -0.1) is 0 Å². The lowest BCUT2D eigenvalue weighted by atomic mass is 10.2. The number of hydrogen-bond donors (Lipinski definition) is 2. The van der Waals surface area contributed by atoms with E-state index in [0.29, 0.717) is 0 Å².